The first-order valence-electron chi connectivity index (χ1n) is 6.72. The number of anilines is 1. The van der Waals surface area contributed by atoms with Gasteiger partial charge in [0.1, 0.15) is 0 Å². The quantitative estimate of drug-likeness (QED) is 0.766. The van der Waals surface area contributed by atoms with Crippen LogP contribution in [0.3, 0.4) is 0 Å². The lowest BCUT2D eigenvalue weighted by atomic mass is 10.00. The number of piperidine rings is 1. The molecular weight excluding hydrogens is 248 g/mol. The van der Waals surface area contributed by atoms with E-state index >= 15 is 0 Å². The SMILES string of the molecule is ClCc1cnc(N2CCN3CCCCC3C2)nc1. The second-order valence-electron chi connectivity index (χ2n) is 5.16. The number of fused-ring (bicyclic) bond motifs is 1. The van der Waals surface area contributed by atoms with Crippen molar-refractivity contribution in [2.75, 3.05) is 31.1 Å². The molecule has 0 bridgehead atoms. The van der Waals surface area contributed by atoms with Gasteiger partial charge in [0, 0.05) is 43.6 Å². The van der Waals surface area contributed by atoms with Gasteiger partial charge < -0.3 is 4.90 Å². The van der Waals surface area contributed by atoms with E-state index < -0.39 is 0 Å². The number of hydrogen-bond donors (Lipinski definition) is 0. The minimum absolute atomic E-state index is 0.483. The molecule has 3 heterocycles. The van der Waals surface area contributed by atoms with Crippen LogP contribution in [0, 0.1) is 0 Å². The first-order chi connectivity index (χ1) is 8.86. The van der Waals surface area contributed by atoms with Gasteiger partial charge in [0.25, 0.3) is 0 Å². The number of rotatable bonds is 2. The zero-order valence-electron chi connectivity index (χ0n) is 10.6. The maximum Gasteiger partial charge on any atom is 0.225 e. The van der Waals surface area contributed by atoms with Gasteiger partial charge in [-0.2, -0.15) is 0 Å². The van der Waals surface area contributed by atoms with Gasteiger partial charge in [-0.1, -0.05) is 6.42 Å². The lowest BCUT2D eigenvalue weighted by Gasteiger charge is -2.44. The molecular formula is C13H19ClN4. The van der Waals surface area contributed by atoms with E-state index in [1.54, 1.807) is 0 Å². The molecule has 0 aromatic carbocycles. The highest BCUT2D eigenvalue weighted by atomic mass is 35.5. The lowest BCUT2D eigenvalue weighted by molar-refractivity contribution is 0.133. The van der Waals surface area contributed by atoms with Crippen molar-refractivity contribution < 1.29 is 0 Å². The van der Waals surface area contributed by atoms with E-state index in [1.807, 2.05) is 12.4 Å². The Labute approximate surface area is 113 Å². The normalized spacial score (nSPS) is 24.9. The van der Waals surface area contributed by atoms with Crippen LogP contribution in [0.25, 0.3) is 0 Å². The number of halogens is 1. The zero-order valence-corrected chi connectivity index (χ0v) is 11.3. The summed E-state index contributed by atoms with van der Waals surface area (Å²) in [5.41, 5.74) is 0.983. The average Bonchev–Trinajstić information content (AvgIpc) is 2.47. The molecule has 0 aliphatic carbocycles. The van der Waals surface area contributed by atoms with E-state index in [2.05, 4.69) is 19.8 Å². The summed E-state index contributed by atoms with van der Waals surface area (Å²) in [4.78, 5) is 13.8. The van der Waals surface area contributed by atoms with Gasteiger partial charge in [0.05, 0.1) is 5.88 Å². The Morgan fingerprint density at radius 3 is 2.78 bits per heavy atom. The molecule has 3 rings (SSSR count). The van der Waals surface area contributed by atoms with Crippen molar-refractivity contribution in [3.63, 3.8) is 0 Å². The molecule has 0 saturated carbocycles. The van der Waals surface area contributed by atoms with Crippen LogP contribution in [0.2, 0.25) is 0 Å². The second-order valence-corrected chi connectivity index (χ2v) is 5.42. The maximum absolute atomic E-state index is 5.76. The summed E-state index contributed by atoms with van der Waals surface area (Å²) in [7, 11) is 0. The summed E-state index contributed by atoms with van der Waals surface area (Å²) in [5.74, 6) is 1.34. The van der Waals surface area contributed by atoms with Crippen molar-refractivity contribution in [1.29, 1.82) is 0 Å². The number of piperazine rings is 1. The Kier molecular flexibility index (Phi) is 3.66. The van der Waals surface area contributed by atoms with Crippen LogP contribution in [0.1, 0.15) is 24.8 Å². The van der Waals surface area contributed by atoms with Crippen LogP contribution in [-0.4, -0.2) is 47.1 Å². The first kappa shape index (κ1) is 12.2. The third-order valence-electron chi connectivity index (χ3n) is 3.97. The van der Waals surface area contributed by atoms with Crippen LogP contribution >= 0.6 is 11.6 Å². The zero-order chi connectivity index (χ0) is 12.4. The molecule has 0 N–H and O–H groups in total. The second kappa shape index (κ2) is 5.41. The van der Waals surface area contributed by atoms with Crippen LogP contribution in [0.4, 0.5) is 5.95 Å². The summed E-state index contributed by atoms with van der Waals surface area (Å²) >= 11 is 5.76. The summed E-state index contributed by atoms with van der Waals surface area (Å²) in [5, 5.41) is 0. The molecule has 18 heavy (non-hydrogen) atoms. The third-order valence-corrected chi connectivity index (χ3v) is 4.27. The molecule has 0 radical (unpaired) electrons. The predicted octanol–water partition coefficient (Wildman–Crippen LogP) is 1.89. The molecule has 1 atom stereocenters. The fourth-order valence-electron chi connectivity index (χ4n) is 2.92. The minimum atomic E-state index is 0.483. The molecule has 1 aromatic rings. The fraction of sp³-hybridized carbons (Fsp3) is 0.692. The van der Waals surface area contributed by atoms with Crippen molar-refractivity contribution in [3.8, 4) is 0 Å². The molecule has 98 valence electrons. The third kappa shape index (κ3) is 2.45. The lowest BCUT2D eigenvalue weighted by Crippen LogP contribution is -2.55. The summed E-state index contributed by atoms with van der Waals surface area (Å²) in [6, 6.07) is 0.698. The topological polar surface area (TPSA) is 32.3 Å². The highest BCUT2D eigenvalue weighted by molar-refractivity contribution is 6.17. The van der Waals surface area contributed by atoms with Gasteiger partial charge in [-0.25, -0.2) is 9.97 Å². The Morgan fingerprint density at radius 1 is 1.17 bits per heavy atom. The molecule has 5 heteroatoms. The van der Waals surface area contributed by atoms with Gasteiger partial charge in [0.15, 0.2) is 0 Å². The summed E-state index contributed by atoms with van der Waals surface area (Å²) in [6.45, 7) is 4.52. The average molecular weight is 267 g/mol. The number of aromatic nitrogens is 2. The monoisotopic (exact) mass is 266 g/mol. The van der Waals surface area contributed by atoms with Crippen LogP contribution in [0.15, 0.2) is 12.4 Å². The molecule has 4 nitrogen and oxygen atoms in total. The highest BCUT2D eigenvalue weighted by Crippen LogP contribution is 2.23. The fourth-order valence-corrected chi connectivity index (χ4v) is 3.06. The molecule has 1 aromatic heterocycles. The van der Waals surface area contributed by atoms with E-state index in [0.29, 0.717) is 11.9 Å². The van der Waals surface area contributed by atoms with Gasteiger partial charge in [-0.15, -0.1) is 11.6 Å². The summed E-state index contributed by atoms with van der Waals surface area (Å²) in [6.07, 6.45) is 7.71. The van der Waals surface area contributed by atoms with Gasteiger partial charge in [-0.05, 0) is 19.4 Å². The molecule has 0 amide bonds. The van der Waals surface area contributed by atoms with Crippen LogP contribution in [-0.2, 0) is 5.88 Å². The van der Waals surface area contributed by atoms with Crippen molar-refractivity contribution in [2.24, 2.45) is 0 Å². The minimum Gasteiger partial charge on any atom is -0.338 e. The van der Waals surface area contributed by atoms with E-state index in [9.17, 15) is 0 Å². The van der Waals surface area contributed by atoms with Crippen LogP contribution < -0.4 is 4.90 Å². The number of alkyl halides is 1. The van der Waals surface area contributed by atoms with Crippen molar-refractivity contribution in [2.45, 2.75) is 31.2 Å². The number of nitrogens with zero attached hydrogens (tertiary/aromatic N) is 4. The van der Waals surface area contributed by atoms with Gasteiger partial charge in [-0.3, -0.25) is 4.90 Å². The molecule has 1 unspecified atom stereocenters. The Hall–Kier alpha value is -0.870. The molecule has 2 fully saturated rings. The standard InChI is InChI=1S/C13H19ClN4/c14-7-11-8-15-13(16-9-11)18-6-5-17-4-2-1-3-12(17)10-18/h8-9,12H,1-7,10H2. The van der Waals surface area contributed by atoms with Crippen molar-refractivity contribution in [3.05, 3.63) is 18.0 Å². The Balaban J connectivity index is 1.69. The van der Waals surface area contributed by atoms with Crippen molar-refractivity contribution in [1.82, 2.24) is 14.9 Å². The molecule has 2 saturated heterocycles. The largest absolute Gasteiger partial charge is 0.338 e. The maximum atomic E-state index is 5.76. The van der Waals surface area contributed by atoms with Gasteiger partial charge in [0.2, 0.25) is 5.95 Å². The highest BCUT2D eigenvalue weighted by Gasteiger charge is 2.29. The van der Waals surface area contributed by atoms with Gasteiger partial charge >= 0.3 is 0 Å². The Morgan fingerprint density at radius 2 is 2.00 bits per heavy atom. The summed E-state index contributed by atoms with van der Waals surface area (Å²) < 4.78 is 0. The van der Waals surface area contributed by atoms with E-state index in [1.165, 1.54) is 25.8 Å². The first-order valence-corrected chi connectivity index (χ1v) is 7.26. The predicted molar refractivity (Wildman–Crippen MR) is 73.0 cm³/mol. The van der Waals surface area contributed by atoms with E-state index in [4.69, 9.17) is 11.6 Å². The molecule has 2 aliphatic rings. The van der Waals surface area contributed by atoms with E-state index in [-0.39, 0.29) is 0 Å². The molecule has 0 spiro atoms. The van der Waals surface area contributed by atoms with Crippen LogP contribution in [0.5, 0.6) is 0 Å². The smallest absolute Gasteiger partial charge is 0.225 e. The van der Waals surface area contributed by atoms with Crippen molar-refractivity contribution >= 4 is 17.5 Å². The van der Waals surface area contributed by atoms with E-state index in [0.717, 1.165) is 31.1 Å². The molecule has 2 aliphatic heterocycles. The number of hydrogen-bond acceptors (Lipinski definition) is 4. The Bertz CT molecular complexity index is 394.